The van der Waals surface area contributed by atoms with Gasteiger partial charge in [-0.3, -0.25) is 4.79 Å². The van der Waals surface area contributed by atoms with Gasteiger partial charge in [0.25, 0.3) is 5.91 Å². The quantitative estimate of drug-likeness (QED) is 0.806. The van der Waals surface area contributed by atoms with Crippen LogP contribution >= 0.6 is 0 Å². The molecule has 0 atom stereocenters. The largest absolute Gasteiger partial charge is 0.497 e. The van der Waals surface area contributed by atoms with E-state index in [4.69, 9.17) is 4.74 Å². The third kappa shape index (κ3) is 4.10. The maximum absolute atomic E-state index is 12.2. The van der Waals surface area contributed by atoms with Gasteiger partial charge in [0, 0.05) is 19.2 Å². The maximum atomic E-state index is 12.2. The molecule has 0 aromatic heterocycles. The minimum atomic E-state index is 0.0267. The normalized spacial score (nSPS) is 11.1. The van der Waals surface area contributed by atoms with Gasteiger partial charge in [0.2, 0.25) is 0 Å². The van der Waals surface area contributed by atoms with E-state index in [1.54, 1.807) is 18.1 Å². The fourth-order valence-corrected chi connectivity index (χ4v) is 1.76. The average Bonchev–Trinajstić information content (AvgIpc) is 2.26. The molecule has 3 heteroatoms. The predicted molar refractivity (Wildman–Crippen MR) is 69.4 cm³/mol. The van der Waals surface area contributed by atoms with E-state index in [0.717, 1.165) is 6.54 Å². The van der Waals surface area contributed by atoms with Crippen LogP contribution in [0.15, 0.2) is 24.3 Å². The van der Waals surface area contributed by atoms with Crippen LogP contribution < -0.4 is 4.74 Å². The molecule has 0 radical (unpaired) electrons. The Hall–Kier alpha value is -1.51. The molecule has 0 saturated carbocycles. The predicted octanol–water partition coefficient (Wildman–Crippen LogP) is 2.81. The highest BCUT2D eigenvalue weighted by molar-refractivity contribution is 5.94. The maximum Gasteiger partial charge on any atom is 0.253 e. The minimum Gasteiger partial charge on any atom is -0.497 e. The van der Waals surface area contributed by atoms with Crippen molar-refractivity contribution >= 4 is 5.91 Å². The van der Waals surface area contributed by atoms with Gasteiger partial charge in [0.15, 0.2) is 0 Å². The first kappa shape index (κ1) is 13.6. The van der Waals surface area contributed by atoms with Crippen molar-refractivity contribution in [3.05, 3.63) is 29.8 Å². The molecule has 0 aliphatic carbocycles. The summed E-state index contributed by atoms with van der Waals surface area (Å²) in [5.41, 5.74) is 0.764. The Balaban J connectivity index is 2.81. The molecular weight excluding hydrogens is 214 g/mol. The van der Waals surface area contributed by atoms with Crippen molar-refractivity contribution < 1.29 is 9.53 Å². The summed E-state index contributed by atoms with van der Waals surface area (Å²) in [7, 11) is 3.43. The van der Waals surface area contributed by atoms with Crippen LogP contribution in [0.5, 0.6) is 5.75 Å². The van der Waals surface area contributed by atoms with Crippen molar-refractivity contribution in [3.8, 4) is 5.75 Å². The van der Waals surface area contributed by atoms with E-state index in [1.165, 1.54) is 0 Å². The SMILES string of the molecule is COc1cccc(C(=O)N(C)CC(C)(C)C)c1. The van der Waals surface area contributed by atoms with E-state index in [9.17, 15) is 4.79 Å². The first-order valence-electron chi connectivity index (χ1n) is 5.73. The van der Waals surface area contributed by atoms with Gasteiger partial charge in [-0.15, -0.1) is 0 Å². The van der Waals surface area contributed by atoms with Crippen molar-refractivity contribution in [2.45, 2.75) is 20.8 Å². The molecule has 3 nitrogen and oxygen atoms in total. The zero-order valence-electron chi connectivity index (χ0n) is 11.3. The lowest BCUT2D eigenvalue weighted by molar-refractivity contribution is 0.0745. The van der Waals surface area contributed by atoms with Crippen LogP contribution in [0.2, 0.25) is 0 Å². The molecule has 17 heavy (non-hydrogen) atoms. The van der Waals surface area contributed by atoms with E-state index in [2.05, 4.69) is 20.8 Å². The molecule has 1 aromatic carbocycles. The zero-order valence-corrected chi connectivity index (χ0v) is 11.3. The third-order valence-corrected chi connectivity index (χ3v) is 2.37. The summed E-state index contributed by atoms with van der Waals surface area (Å²) < 4.78 is 5.11. The summed E-state index contributed by atoms with van der Waals surface area (Å²) in [5, 5.41) is 0. The van der Waals surface area contributed by atoms with Gasteiger partial charge in [-0.1, -0.05) is 26.8 Å². The van der Waals surface area contributed by atoms with Crippen LogP contribution in [0.3, 0.4) is 0 Å². The number of amides is 1. The fourth-order valence-electron chi connectivity index (χ4n) is 1.76. The van der Waals surface area contributed by atoms with E-state index in [-0.39, 0.29) is 11.3 Å². The molecule has 1 rings (SSSR count). The van der Waals surface area contributed by atoms with Crippen molar-refractivity contribution in [3.63, 3.8) is 0 Å². The highest BCUT2D eigenvalue weighted by Gasteiger charge is 2.18. The number of carbonyl (C=O) groups is 1. The number of hydrogen-bond donors (Lipinski definition) is 0. The molecule has 0 spiro atoms. The number of ether oxygens (including phenoxy) is 1. The molecule has 1 aromatic rings. The number of rotatable bonds is 3. The standard InChI is InChI=1S/C14H21NO2/c1-14(2,3)10-15(4)13(16)11-7-6-8-12(9-11)17-5/h6-9H,10H2,1-5H3. The Morgan fingerprint density at radius 2 is 2.00 bits per heavy atom. The monoisotopic (exact) mass is 235 g/mol. The van der Waals surface area contributed by atoms with Crippen molar-refractivity contribution in [2.75, 3.05) is 20.7 Å². The van der Waals surface area contributed by atoms with Crippen LogP contribution in [0.25, 0.3) is 0 Å². The first-order valence-corrected chi connectivity index (χ1v) is 5.73. The minimum absolute atomic E-state index is 0.0267. The Kier molecular flexibility index (Phi) is 4.16. The van der Waals surface area contributed by atoms with Gasteiger partial charge in [0.05, 0.1) is 7.11 Å². The van der Waals surface area contributed by atoms with E-state index >= 15 is 0 Å². The number of nitrogens with zero attached hydrogens (tertiary/aromatic N) is 1. The Morgan fingerprint density at radius 3 is 2.53 bits per heavy atom. The molecule has 0 fully saturated rings. The van der Waals surface area contributed by atoms with E-state index in [0.29, 0.717) is 11.3 Å². The number of methoxy groups -OCH3 is 1. The summed E-state index contributed by atoms with van der Waals surface area (Å²) >= 11 is 0. The van der Waals surface area contributed by atoms with E-state index in [1.807, 2.05) is 25.2 Å². The van der Waals surface area contributed by atoms with Gasteiger partial charge in [-0.25, -0.2) is 0 Å². The van der Waals surface area contributed by atoms with Crippen molar-refractivity contribution in [1.82, 2.24) is 4.90 Å². The third-order valence-electron chi connectivity index (χ3n) is 2.37. The topological polar surface area (TPSA) is 29.5 Å². The molecule has 94 valence electrons. The Labute approximate surface area is 103 Å². The van der Waals surface area contributed by atoms with Gasteiger partial charge in [-0.2, -0.15) is 0 Å². The summed E-state index contributed by atoms with van der Waals surface area (Å²) in [5.74, 6) is 0.735. The lowest BCUT2D eigenvalue weighted by Gasteiger charge is -2.26. The molecule has 0 N–H and O–H groups in total. The molecule has 0 aliphatic heterocycles. The fraction of sp³-hybridized carbons (Fsp3) is 0.500. The number of hydrogen-bond acceptors (Lipinski definition) is 2. The van der Waals surface area contributed by atoms with Crippen LogP contribution in [0.1, 0.15) is 31.1 Å². The molecular formula is C14H21NO2. The Bertz CT molecular complexity index is 393. The second-order valence-electron chi connectivity index (χ2n) is 5.45. The van der Waals surface area contributed by atoms with Crippen molar-refractivity contribution in [1.29, 1.82) is 0 Å². The summed E-state index contributed by atoms with van der Waals surface area (Å²) in [6.45, 7) is 7.07. The van der Waals surface area contributed by atoms with Gasteiger partial charge >= 0.3 is 0 Å². The first-order chi connectivity index (χ1) is 7.83. The second-order valence-corrected chi connectivity index (χ2v) is 5.45. The van der Waals surface area contributed by atoms with Crippen LogP contribution in [0.4, 0.5) is 0 Å². The molecule has 1 amide bonds. The zero-order chi connectivity index (χ0) is 13.1. The van der Waals surface area contributed by atoms with Gasteiger partial charge < -0.3 is 9.64 Å². The van der Waals surface area contributed by atoms with Gasteiger partial charge in [0.1, 0.15) is 5.75 Å². The molecule has 0 unspecified atom stereocenters. The van der Waals surface area contributed by atoms with Gasteiger partial charge in [-0.05, 0) is 23.6 Å². The molecule has 0 bridgehead atoms. The van der Waals surface area contributed by atoms with Crippen LogP contribution in [0, 0.1) is 5.41 Å². The second kappa shape index (κ2) is 5.21. The number of benzene rings is 1. The van der Waals surface area contributed by atoms with Crippen molar-refractivity contribution in [2.24, 2.45) is 5.41 Å². The van der Waals surface area contributed by atoms with E-state index < -0.39 is 0 Å². The number of carbonyl (C=O) groups excluding carboxylic acids is 1. The summed E-state index contributed by atoms with van der Waals surface area (Å²) in [6, 6.07) is 7.24. The average molecular weight is 235 g/mol. The molecule has 0 saturated heterocycles. The lowest BCUT2D eigenvalue weighted by atomic mass is 9.96. The Morgan fingerprint density at radius 1 is 1.35 bits per heavy atom. The summed E-state index contributed by atoms with van der Waals surface area (Å²) in [4.78, 5) is 13.9. The highest BCUT2D eigenvalue weighted by atomic mass is 16.5. The molecule has 0 heterocycles. The molecule has 0 aliphatic rings. The smallest absolute Gasteiger partial charge is 0.253 e. The van der Waals surface area contributed by atoms with Crippen LogP contribution in [-0.4, -0.2) is 31.5 Å². The summed E-state index contributed by atoms with van der Waals surface area (Å²) in [6.07, 6.45) is 0. The van der Waals surface area contributed by atoms with Crippen LogP contribution in [-0.2, 0) is 0 Å². The lowest BCUT2D eigenvalue weighted by Crippen LogP contribution is -2.34. The highest BCUT2D eigenvalue weighted by Crippen LogP contribution is 2.18.